The summed E-state index contributed by atoms with van der Waals surface area (Å²) in [4.78, 5) is 14.4. The van der Waals surface area contributed by atoms with Crippen LogP contribution >= 0.6 is 0 Å². The lowest BCUT2D eigenvalue weighted by Crippen LogP contribution is -2.33. The molecule has 0 amide bonds. The van der Waals surface area contributed by atoms with E-state index in [0.717, 1.165) is 6.07 Å². The third kappa shape index (κ3) is 4.59. The number of nitro groups is 1. The lowest BCUT2D eigenvalue weighted by Gasteiger charge is -2.22. The molecule has 0 aliphatic carbocycles. The number of sulfonamides is 1. The van der Waals surface area contributed by atoms with Gasteiger partial charge in [0.15, 0.2) is 0 Å². The molecule has 0 fully saturated rings. The normalized spacial score (nSPS) is 11.6. The molecule has 0 spiro atoms. The lowest BCUT2D eigenvalue weighted by atomic mass is 10.2. The fraction of sp³-hybridized carbons (Fsp3) is 0.312. The van der Waals surface area contributed by atoms with Gasteiger partial charge < -0.3 is 4.74 Å². The fourth-order valence-corrected chi connectivity index (χ4v) is 3.70. The summed E-state index contributed by atoms with van der Waals surface area (Å²) in [5, 5.41) is 11.1. The van der Waals surface area contributed by atoms with Gasteiger partial charge in [0, 0.05) is 44.2 Å². The van der Waals surface area contributed by atoms with Crippen LogP contribution in [0.2, 0.25) is 0 Å². The highest BCUT2D eigenvalue weighted by atomic mass is 32.2. The van der Waals surface area contributed by atoms with Crippen LogP contribution in [0, 0.1) is 17.0 Å². The molecule has 134 valence electrons. The second-order valence-corrected chi connectivity index (χ2v) is 7.34. The lowest BCUT2D eigenvalue weighted by molar-refractivity contribution is -0.385. The number of nitrogens with zero attached hydrogens (tertiary/aromatic N) is 3. The highest BCUT2D eigenvalue weighted by Gasteiger charge is 2.27. The van der Waals surface area contributed by atoms with E-state index in [1.165, 1.54) is 23.5 Å². The second kappa shape index (κ2) is 8.15. The molecule has 0 bridgehead atoms. The Bertz CT molecular complexity index is 840. The number of nitro benzene ring substituents is 1. The van der Waals surface area contributed by atoms with Gasteiger partial charge in [0.1, 0.15) is 0 Å². The fourth-order valence-electron chi connectivity index (χ4n) is 2.27. The van der Waals surface area contributed by atoms with E-state index in [4.69, 9.17) is 4.74 Å². The Hall–Kier alpha value is -2.36. The van der Waals surface area contributed by atoms with Gasteiger partial charge in [-0.2, -0.15) is 4.31 Å². The highest BCUT2D eigenvalue weighted by Crippen LogP contribution is 2.25. The van der Waals surface area contributed by atoms with Crippen LogP contribution in [0.15, 0.2) is 47.6 Å². The summed E-state index contributed by atoms with van der Waals surface area (Å²) < 4.78 is 32.1. The van der Waals surface area contributed by atoms with E-state index in [1.807, 2.05) is 0 Å². The van der Waals surface area contributed by atoms with Gasteiger partial charge in [-0.25, -0.2) is 8.42 Å². The molecule has 8 nitrogen and oxygen atoms in total. The second-order valence-electron chi connectivity index (χ2n) is 5.40. The van der Waals surface area contributed by atoms with Gasteiger partial charge in [0.2, 0.25) is 10.0 Å². The Labute approximate surface area is 146 Å². The third-order valence-electron chi connectivity index (χ3n) is 3.64. The van der Waals surface area contributed by atoms with Crippen molar-refractivity contribution in [3.63, 3.8) is 0 Å². The van der Waals surface area contributed by atoms with Gasteiger partial charge >= 0.3 is 0 Å². The van der Waals surface area contributed by atoms with Crippen LogP contribution in [-0.2, 0) is 21.3 Å². The summed E-state index contributed by atoms with van der Waals surface area (Å²) in [5.41, 5.74) is 0.887. The number of methoxy groups -OCH3 is 1. The van der Waals surface area contributed by atoms with E-state index in [9.17, 15) is 18.5 Å². The van der Waals surface area contributed by atoms with E-state index in [-0.39, 0.29) is 30.3 Å². The topological polar surface area (TPSA) is 103 Å². The number of pyridine rings is 1. The van der Waals surface area contributed by atoms with Gasteiger partial charge in [0.05, 0.1) is 16.4 Å². The summed E-state index contributed by atoms with van der Waals surface area (Å²) in [7, 11) is -2.45. The largest absolute Gasteiger partial charge is 0.383 e. The Morgan fingerprint density at radius 1 is 1.32 bits per heavy atom. The molecule has 0 unspecified atom stereocenters. The summed E-state index contributed by atoms with van der Waals surface area (Å²) >= 11 is 0. The summed E-state index contributed by atoms with van der Waals surface area (Å²) in [6, 6.07) is 7.38. The zero-order chi connectivity index (χ0) is 18.4. The van der Waals surface area contributed by atoms with Crippen molar-refractivity contribution in [3.05, 3.63) is 64.0 Å². The molecule has 2 rings (SSSR count). The number of hydrogen-bond acceptors (Lipinski definition) is 6. The molecule has 0 saturated carbocycles. The first-order chi connectivity index (χ1) is 11.9. The highest BCUT2D eigenvalue weighted by molar-refractivity contribution is 7.89. The molecular formula is C16H19N3O5S. The van der Waals surface area contributed by atoms with Gasteiger partial charge in [0.25, 0.3) is 5.69 Å². The van der Waals surface area contributed by atoms with E-state index in [0.29, 0.717) is 11.1 Å². The minimum absolute atomic E-state index is 0.0984. The van der Waals surface area contributed by atoms with Crippen molar-refractivity contribution in [2.45, 2.75) is 18.4 Å². The number of hydrogen-bond donors (Lipinski definition) is 0. The van der Waals surface area contributed by atoms with E-state index >= 15 is 0 Å². The molecule has 0 aliphatic heterocycles. The summed E-state index contributed by atoms with van der Waals surface area (Å²) in [5.74, 6) is 0. The zero-order valence-corrected chi connectivity index (χ0v) is 14.8. The molecule has 2 aromatic rings. The SMILES string of the molecule is COCCN(Cc1cccnc1)S(=O)(=O)c1ccc(C)c([N+](=O)[O-])c1. The van der Waals surface area contributed by atoms with Crippen molar-refractivity contribution in [3.8, 4) is 0 Å². The monoisotopic (exact) mass is 365 g/mol. The standard InChI is InChI=1S/C16H19N3O5S/c1-13-5-6-15(10-16(13)19(20)21)25(22,23)18(8-9-24-2)12-14-4-3-7-17-11-14/h3-7,10-11H,8-9,12H2,1-2H3. The van der Waals surface area contributed by atoms with E-state index in [2.05, 4.69) is 4.98 Å². The molecule has 1 heterocycles. The molecule has 0 aliphatic rings. The van der Waals surface area contributed by atoms with Crippen molar-refractivity contribution in [2.75, 3.05) is 20.3 Å². The maximum Gasteiger partial charge on any atom is 0.273 e. The van der Waals surface area contributed by atoms with Crippen LogP contribution in [0.5, 0.6) is 0 Å². The van der Waals surface area contributed by atoms with Gasteiger partial charge in [-0.05, 0) is 24.6 Å². The van der Waals surface area contributed by atoms with Crippen LogP contribution in [0.25, 0.3) is 0 Å². The summed E-state index contributed by atoms with van der Waals surface area (Å²) in [6.07, 6.45) is 3.17. The maximum absolute atomic E-state index is 13.0. The van der Waals surface area contributed by atoms with Crippen molar-refractivity contribution < 1.29 is 18.1 Å². The number of ether oxygens (including phenoxy) is 1. The molecule has 0 radical (unpaired) electrons. The smallest absolute Gasteiger partial charge is 0.273 e. The van der Waals surface area contributed by atoms with Gasteiger partial charge in [-0.1, -0.05) is 12.1 Å². The van der Waals surface area contributed by atoms with Gasteiger partial charge in [-0.15, -0.1) is 0 Å². The number of benzene rings is 1. The first-order valence-electron chi connectivity index (χ1n) is 7.49. The van der Waals surface area contributed by atoms with Crippen LogP contribution in [0.3, 0.4) is 0 Å². The quantitative estimate of drug-likeness (QED) is 0.524. The molecule has 0 saturated heterocycles. The number of aryl methyl sites for hydroxylation is 1. The van der Waals surface area contributed by atoms with Crippen molar-refractivity contribution >= 4 is 15.7 Å². The molecule has 1 aromatic heterocycles. The molecule has 0 N–H and O–H groups in total. The first-order valence-corrected chi connectivity index (χ1v) is 8.93. The predicted octanol–water partition coefficient (Wildman–Crippen LogP) is 2.14. The van der Waals surface area contributed by atoms with E-state index in [1.54, 1.807) is 31.5 Å². The molecule has 9 heteroatoms. The van der Waals surface area contributed by atoms with Crippen LogP contribution in [0.4, 0.5) is 5.69 Å². The predicted molar refractivity (Wildman–Crippen MR) is 91.5 cm³/mol. The molecule has 25 heavy (non-hydrogen) atoms. The third-order valence-corrected chi connectivity index (χ3v) is 5.48. The Morgan fingerprint density at radius 2 is 2.08 bits per heavy atom. The number of rotatable bonds is 8. The van der Waals surface area contributed by atoms with Gasteiger partial charge in [-0.3, -0.25) is 15.1 Å². The Balaban J connectivity index is 2.40. The Kier molecular flexibility index (Phi) is 6.18. The molecule has 1 aromatic carbocycles. The van der Waals surface area contributed by atoms with Crippen LogP contribution < -0.4 is 0 Å². The van der Waals surface area contributed by atoms with Crippen molar-refractivity contribution in [1.29, 1.82) is 0 Å². The zero-order valence-electron chi connectivity index (χ0n) is 14.0. The molecular weight excluding hydrogens is 346 g/mol. The Morgan fingerprint density at radius 3 is 2.68 bits per heavy atom. The van der Waals surface area contributed by atoms with Crippen molar-refractivity contribution in [1.82, 2.24) is 9.29 Å². The van der Waals surface area contributed by atoms with Crippen LogP contribution in [0.1, 0.15) is 11.1 Å². The van der Waals surface area contributed by atoms with Crippen LogP contribution in [-0.4, -0.2) is 42.9 Å². The van der Waals surface area contributed by atoms with E-state index < -0.39 is 14.9 Å². The first kappa shape index (κ1) is 19.0. The maximum atomic E-state index is 13.0. The number of aromatic nitrogens is 1. The molecule has 0 atom stereocenters. The average Bonchev–Trinajstić information content (AvgIpc) is 2.59. The summed E-state index contributed by atoms with van der Waals surface area (Å²) in [6.45, 7) is 1.98. The minimum Gasteiger partial charge on any atom is -0.383 e. The average molecular weight is 365 g/mol. The van der Waals surface area contributed by atoms with Crippen molar-refractivity contribution in [2.24, 2.45) is 0 Å². The minimum atomic E-state index is -3.92.